The number of carbonyl (C=O) groups is 1. The predicted molar refractivity (Wildman–Crippen MR) is 69.2 cm³/mol. The fourth-order valence-electron chi connectivity index (χ4n) is 2.08. The average Bonchev–Trinajstić information content (AvgIpc) is 2.63. The van der Waals surface area contributed by atoms with E-state index in [9.17, 15) is 4.79 Å². The van der Waals surface area contributed by atoms with E-state index in [0.29, 0.717) is 5.16 Å². The third-order valence-corrected chi connectivity index (χ3v) is 4.24. The van der Waals surface area contributed by atoms with E-state index in [2.05, 4.69) is 15.5 Å². The number of hydrogen-bond donors (Lipinski definition) is 0. The van der Waals surface area contributed by atoms with Crippen molar-refractivity contribution in [3.05, 3.63) is 0 Å². The lowest BCUT2D eigenvalue weighted by Crippen LogP contribution is -2.37. The van der Waals surface area contributed by atoms with Crippen molar-refractivity contribution < 1.29 is 4.79 Å². The summed E-state index contributed by atoms with van der Waals surface area (Å²) in [4.78, 5) is 14.3. The predicted octanol–water partition coefficient (Wildman–Crippen LogP) is 1.09. The summed E-state index contributed by atoms with van der Waals surface area (Å²) in [6.45, 7) is 3.70. The van der Waals surface area contributed by atoms with Gasteiger partial charge in [0.1, 0.15) is 0 Å². The van der Waals surface area contributed by atoms with Crippen molar-refractivity contribution in [1.29, 1.82) is 0 Å². The summed E-state index contributed by atoms with van der Waals surface area (Å²) in [6.07, 6.45) is 4.71. The number of aryl methyl sites for hydroxylation is 1. The van der Waals surface area contributed by atoms with Gasteiger partial charge in [0.05, 0.1) is 5.25 Å². The van der Waals surface area contributed by atoms with Gasteiger partial charge in [0.2, 0.25) is 11.1 Å². The number of rotatable bonds is 3. The van der Waals surface area contributed by atoms with E-state index < -0.39 is 0 Å². The monoisotopic (exact) mass is 269 g/mol. The van der Waals surface area contributed by atoms with Crippen molar-refractivity contribution in [3.8, 4) is 0 Å². The Bertz CT molecular complexity index is 400. The largest absolute Gasteiger partial charge is 0.342 e. The Morgan fingerprint density at radius 3 is 2.50 bits per heavy atom. The molecule has 1 atom stereocenters. The van der Waals surface area contributed by atoms with E-state index in [1.54, 1.807) is 11.7 Å². The molecule has 0 bridgehead atoms. The summed E-state index contributed by atoms with van der Waals surface area (Å²) in [5.41, 5.74) is 0. The number of likely N-dealkylation sites (tertiary alicyclic amines) is 1. The van der Waals surface area contributed by atoms with Crippen LogP contribution in [0.25, 0.3) is 0 Å². The first-order valence-corrected chi connectivity index (χ1v) is 7.24. The lowest BCUT2D eigenvalue weighted by Gasteiger charge is -2.23. The van der Waals surface area contributed by atoms with E-state index in [1.807, 2.05) is 11.8 Å². The molecule has 1 saturated heterocycles. The second-order valence-electron chi connectivity index (χ2n) is 4.58. The molecular weight excluding hydrogens is 250 g/mol. The minimum absolute atomic E-state index is 0.132. The van der Waals surface area contributed by atoms with Gasteiger partial charge in [-0.15, -0.1) is 5.10 Å². The van der Waals surface area contributed by atoms with Crippen LogP contribution in [0.5, 0.6) is 0 Å². The van der Waals surface area contributed by atoms with Gasteiger partial charge in [0.25, 0.3) is 0 Å². The second kappa shape index (κ2) is 6.17. The van der Waals surface area contributed by atoms with Crippen LogP contribution in [0.4, 0.5) is 0 Å². The Morgan fingerprint density at radius 2 is 1.94 bits per heavy atom. The number of aromatic nitrogens is 4. The maximum absolute atomic E-state index is 12.3. The van der Waals surface area contributed by atoms with Crippen LogP contribution >= 0.6 is 11.8 Å². The number of amides is 1. The highest BCUT2D eigenvalue weighted by atomic mass is 32.2. The van der Waals surface area contributed by atoms with Gasteiger partial charge in [-0.3, -0.25) is 4.79 Å². The molecule has 2 heterocycles. The normalized spacial score (nSPS) is 18.4. The topological polar surface area (TPSA) is 63.9 Å². The van der Waals surface area contributed by atoms with Crippen LogP contribution < -0.4 is 0 Å². The third-order valence-electron chi connectivity index (χ3n) is 3.13. The van der Waals surface area contributed by atoms with Gasteiger partial charge in [-0.25, -0.2) is 4.68 Å². The molecule has 0 N–H and O–H groups in total. The SMILES string of the molecule is C[C@H](Sc1nnnn1C)C(=O)N1CCCCCC1. The van der Waals surface area contributed by atoms with Crippen LogP contribution in [0.1, 0.15) is 32.6 Å². The quantitative estimate of drug-likeness (QED) is 0.769. The molecule has 0 aliphatic carbocycles. The number of hydrogen-bond acceptors (Lipinski definition) is 5. The first-order valence-electron chi connectivity index (χ1n) is 6.36. The average molecular weight is 269 g/mol. The van der Waals surface area contributed by atoms with Gasteiger partial charge in [0, 0.05) is 20.1 Å². The van der Waals surface area contributed by atoms with Gasteiger partial charge in [-0.2, -0.15) is 0 Å². The summed E-state index contributed by atoms with van der Waals surface area (Å²) >= 11 is 1.42. The minimum Gasteiger partial charge on any atom is -0.342 e. The Balaban J connectivity index is 1.93. The molecule has 0 aromatic carbocycles. The van der Waals surface area contributed by atoms with Crippen molar-refractivity contribution in [1.82, 2.24) is 25.1 Å². The van der Waals surface area contributed by atoms with Crippen LogP contribution in [0.15, 0.2) is 5.16 Å². The lowest BCUT2D eigenvalue weighted by molar-refractivity contribution is -0.130. The third kappa shape index (κ3) is 3.22. The number of tetrazole rings is 1. The van der Waals surface area contributed by atoms with E-state index in [4.69, 9.17) is 0 Å². The summed E-state index contributed by atoms with van der Waals surface area (Å²) in [7, 11) is 1.78. The maximum atomic E-state index is 12.3. The maximum Gasteiger partial charge on any atom is 0.235 e. The number of nitrogens with zero attached hydrogens (tertiary/aromatic N) is 5. The summed E-state index contributed by atoms with van der Waals surface area (Å²) in [5, 5.41) is 11.8. The molecule has 1 aliphatic rings. The highest BCUT2D eigenvalue weighted by Gasteiger charge is 2.23. The molecule has 18 heavy (non-hydrogen) atoms. The lowest BCUT2D eigenvalue weighted by atomic mass is 10.2. The number of carbonyl (C=O) groups excluding carboxylic acids is 1. The molecular formula is C11H19N5OS. The molecule has 7 heteroatoms. The Labute approximate surface area is 111 Å². The van der Waals surface area contributed by atoms with Crippen molar-refractivity contribution in [2.45, 2.75) is 43.0 Å². The molecule has 1 aromatic heterocycles. The van der Waals surface area contributed by atoms with Crippen molar-refractivity contribution in [2.24, 2.45) is 7.05 Å². The zero-order valence-corrected chi connectivity index (χ0v) is 11.7. The van der Waals surface area contributed by atoms with Crippen molar-refractivity contribution >= 4 is 17.7 Å². The van der Waals surface area contributed by atoms with Crippen LogP contribution in [-0.2, 0) is 11.8 Å². The molecule has 1 aromatic rings. The van der Waals surface area contributed by atoms with Gasteiger partial charge < -0.3 is 4.90 Å². The summed E-state index contributed by atoms with van der Waals surface area (Å²) < 4.78 is 1.59. The molecule has 100 valence electrons. The van der Waals surface area contributed by atoms with E-state index in [1.165, 1.54) is 24.6 Å². The highest BCUT2D eigenvalue weighted by molar-refractivity contribution is 8.00. The molecule has 6 nitrogen and oxygen atoms in total. The summed E-state index contributed by atoms with van der Waals surface area (Å²) in [6, 6.07) is 0. The molecule has 1 aliphatic heterocycles. The molecule has 0 spiro atoms. The van der Waals surface area contributed by atoms with E-state index in [-0.39, 0.29) is 11.2 Å². The number of thioether (sulfide) groups is 1. The first kappa shape index (κ1) is 13.3. The zero-order valence-electron chi connectivity index (χ0n) is 10.9. The van der Waals surface area contributed by atoms with Gasteiger partial charge in [0.15, 0.2) is 0 Å². The standard InChI is InChI=1S/C11H19N5OS/c1-9(18-11-12-13-14-15(11)2)10(17)16-7-5-3-4-6-8-16/h9H,3-8H2,1-2H3/t9-/m0/s1. The minimum atomic E-state index is -0.132. The molecule has 0 radical (unpaired) electrons. The van der Waals surface area contributed by atoms with Crippen LogP contribution in [-0.4, -0.2) is 49.4 Å². The Kier molecular flexibility index (Phi) is 4.57. The van der Waals surface area contributed by atoms with E-state index >= 15 is 0 Å². The van der Waals surface area contributed by atoms with Crippen molar-refractivity contribution in [3.63, 3.8) is 0 Å². The molecule has 2 rings (SSSR count). The Morgan fingerprint density at radius 1 is 1.28 bits per heavy atom. The van der Waals surface area contributed by atoms with Gasteiger partial charge >= 0.3 is 0 Å². The first-order chi connectivity index (χ1) is 8.68. The fourth-order valence-corrected chi connectivity index (χ4v) is 2.92. The van der Waals surface area contributed by atoms with Crippen LogP contribution in [0.3, 0.4) is 0 Å². The van der Waals surface area contributed by atoms with Crippen LogP contribution in [0, 0.1) is 0 Å². The molecule has 1 amide bonds. The second-order valence-corrected chi connectivity index (χ2v) is 5.89. The van der Waals surface area contributed by atoms with Gasteiger partial charge in [-0.05, 0) is 30.2 Å². The fraction of sp³-hybridized carbons (Fsp3) is 0.818. The van der Waals surface area contributed by atoms with Crippen LogP contribution in [0.2, 0.25) is 0 Å². The molecule has 1 fully saturated rings. The zero-order chi connectivity index (χ0) is 13.0. The van der Waals surface area contributed by atoms with E-state index in [0.717, 1.165) is 25.9 Å². The molecule has 0 saturated carbocycles. The smallest absolute Gasteiger partial charge is 0.235 e. The molecule has 0 unspecified atom stereocenters. The Hall–Kier alpha value is -1.11. The van der Waals surface area contributed by atoms with Crippen molar-refractivity contribution in [2.75, 3.05) is 13.1 Å². The summed E-state index contributed by atoms with van der Waals surface area (Å²) in [5.74, 6) is 0.199. The van der Waals surface area contributed by atoms with Gasteiger partial charge in [-0.1, -0.05) is 24.6 Å². The highest BCUT2D eigenvalue weighted by Crippen LogP contribution is 2.22.